The van der Waals surface area contributed by atoms with Crippen LogP contribution in [0.15, 0.2) is 53.5 Å². The maximum atomic E-state index is 10.9. The van der Waals surface area contributed by atoms with E-state index in [0.29, 0.717) is 12.6 Å². The third kappa shape index (κ3) is 6.29. The molecule has 0 saturated carbocycles. The van der Waals surface area contributed by atoms with Gasteiger partial charge in [-0.05, 0) is 30.9 Å². The Morgan fingerprint density at radius 3 is 2.59 bits per heavy atom. The average molecular weight is 396 g/mol. The van der Waals surface area contributed by atoms with Gasteiger partial charge in [0.05, 0.1) is 4.92 Å². The Hall–Kier alpha value is -2.93. The van der Waals surface area contributed by atoms with E-state index >= 15 is 0 Å². The molecule has 1 saturated heterocycles. The van der Waals surface area contributed by atoms with Gasteiger partial charge in [0.1, 0.15) is 0 Å². The van der Waals surface area contributed by atoms with Crippen molar-refractivity contribution in [2.45, 2.75) is 38.9 Å². The maximum Gasteiger partial charge on any atom is 0.269 e. The van der Waals surface area contributed by atoms with Crippen molar-refractivity contribution in [3.63, 3.8) is 0 Å². The molecule has 2 aromatic rings. The summed E-state index contributed by atoms with van der Waals surface area (Å²) in [7, 11) is 1.75. The van der Waals surface area contributed by atoms with Gasteiger partial charge in [0, 0.05) is 51.4 Å². The van der Waals surface area contributed by atoms with Gasteiger partial charge >= 0.3 is 0 Å². The van der Waals surface area contributed by atoms with Crippen molar-refractivity contribution < 1.29 is 4.92 Å². The number of guanidine groups is 1. The zero-order chi connectivity index (χ0) is 20.6. The van der Waals surface area contributed by atoms with Crippen LogP contribution in [0.3, 0.4) is 0 Å². The molecule has 154 valence electrons. The molecule has 0 amide bonds. The number of nitrogens with zero attached hydrogens (tertiary/aromatic N) is 3. The summed E-state index contributed by atoms with van der Waals surface area (Å²) in [6, 6.07) is 15.7. The minimum Gasteiger partial charge on any atom is -0.354 e. The molecular weight excluding hydrogens is 366 g/mol. The number of nitro groups is 1. The number of hydrogen-bond donors (Lipinski definition) is 2. The zero-order valence-electron chi connectivity index (χ0n) is 17.1. The average Bonchev–Trinajstić information content (AvgIpc) is 2.72. The predicted molar refractivity (Wildman–Crippen MR) is 116 cm³/mol. The van der Waals surface area contributed by atoms with E-state index in [0.717, 1.165) is 44.0 Å². The third-order valence-corrected chi connectivity index (χ3v) is 5.22. The van der Waals surface area contributed by atoms with Crippen LogP contribution in [-0.2, 0) is 13.1 Å². The number of hydrogen-bond acceptors (Lipinski definition) is 4. The summed E-state index contributed by atoms with van der Waals surface area (Å²) in [5, 5.41) is 17.7. The Morgan fingerprint density at radius 1 is 1.17 bits per heavy atom. The number of nitrogens with one attached hydrogen (secondary N) is 2. The van der Waals surface area contributed by atoms with E-state index in [-0.39, 0.29) is 10.6 Å². The molecule has 1 aliphatic heterocycles. The van der Waals surface area contributed by atoms with Gasteiger partial charge in [-0.1, -0.05) is 42.0 Å². The molecule has 0 atom stereocenters. The summed E-state index contributed by atoms with van der Waals surface area (Å²) in [4.78, 5) is 17.3. The number of aliphatic imine (C=N–C) groups is 1. The molecular formula is C22H29N5O2. The summed E-state index contributed by atoms with van der Waals surface area (Å²) in [5.74, 6) is 0.730. The van der Waals surface area contributed by atoms with E-state index < -0.39 is 0 Å². The molecule has 2 N–H and O–H groups in total. The molecule has 0 radical (unpaired) electrons. The molecule has 7 heteroatoms. The highest BCUT2D eigenvalue weighted by Crippen LogP contribution is 2.15. The second kappa shape index (κ2) is 10.0. The number of piperidine rings is 1. The second-order valence-electron chi connectivity index (χ2n) is 7.54. The minimum absolute atomic E-state index is 0.105. The van der Waals surface area contributed by atoms with Gasteiger partial charge in [0.25, 0.3) is 5.69 Å². The summed E-state index contributed by atoms with van der Waals surface area (Å²) < 4.78 is 0. The van der Waals surface area contributed by atoms with Crippen LogP contribution in [0.5, 0.6) is 0 Å². The number of nitro benzene ring substituents is 1. The SMILES string of the molecule is CN=C(NCc1cccc([N+](=O)[O-])c1)NC1CCN(Cc2cccc(C)c2)CC1. The molecule has 0 aliphatic carbocycles. The van der Waals surface area contributed by atoms with E-state index in [4.69, 9.17) is 0 Å². The predicted octanol–water partition coefficient (Wildman–Crippen LogP) is 3.23. The van der Waals surface area contributed by atoms with Crippen LogP contribution in [0.1, 0.15) is 29.5 Å². The topological polar surface area (TPSA) is 82.8 Å². The number of aryl methyl sites for hydroxylation is 1. The summed E-state index contributed by atoms with van der Waals surface area (Å²) in [6.45, 7) is 5.72. The fraction of sp³-hybridized carbons (Fsp3) is 0.409. The molecule has 7 nitrogen and oxygen atoms in total. The van der Waals surface area contributed by atoms with Crippen LogP contribution < -0.4 is 10.6 Å². The monoisotopic (exact) mass is 395 g/mol. The van der Waals surface area contributed by atoms with Crippen LogP contribution in [0.25, 0.3) is 0 Å². The first-order valence-corrected chi connectivity index (χ1v) is 10.0. The summed E-state index contributed by atoms with van der Waals surface area (Å²) >= 11 is 0. The van der Waals surface area contributed by atoms with Gasteiger partial charge in [-0.15, -0.1) is 0 Å². The molecule has 0 bridgehead atoms. The van der Waals surface area contributed by atoms with Gasteiger partial charge in [0.2, 0.25) is 0 Å². The fourth-order valence-corrected chi connectivity index (χ4v) is 3.66. The lowest BCUT2D eigenvalue weighted by Crippen LogP contribution is -2.48. The first kappa shape index (κ1) is 20.8. The highest BCUT2D eigenvalue weighted by atomic mass is 16.6. The van der Waals surface area contributed by atoms with Crippen LogP contribution in [0, 0.1) is 17.0 Å². The lowest BCUT2D eigenvalue weighted by atomic mass is 10.0. The van der Waals surface area contributed by atoms with Crippen molar-refractivity contribution in [2.24, 2.45) is 4.99 Å². The molecule has 3 rings (SSSR count). The zero-order valence-corrected chi connectivity index (χ0v) is 17.1. The smallest absolute Gasteiger partial charge is 0.269 e. The second-order valence-corrected chi connectivity index (χ2v) is 7.54. The van der Waals surface area contributed by atoms with Gasteiger partial charge in [-0.2, -0.15) is 0 Å². The van der Waals surface area contributed by atoms with Gasteiger partial charge in [-0.25, -0.2) is 0 Å². The van der Waals surface area contributed by atoms with E-state index in [1.54, 1.807) is 19.2 Å². The number of non-ortho nitro benzene ring substituents is 1. The molecule has 0 unspecified atom stereocenters. The van der Waals surface area contributed by atoms with Crippen molar-refractivity contribution >= 4 is 11.6 Å². The lowest BCUT2D eigenvalue weighted by molar-refractivity contribution is -0.384. The van der Waals surface area contributed by atoms with E-state index in [2.05, 4.69) is 51.7 Å². The van der Waals surface area contributed by atoms with Crippen molar-refractivity contribution in [1.29, 1.82) is 0 Å². The van der Waals surface area contributed by atoms with E-state index in [1.165, 1.54) is 17.2 Å². The van der Waals surface area contributed by atoms with Crippen molar-refractivity contribution in [1.82, 2.24) is 15.5 Å². The van der Waals surface area contributed by atoms with Crippen molar-refractivity contribution in [3.05, 3.63) is 75.3 Å². The maximum absolute atomic E-state index is 10.9. The Labute approximate surface area is 172 Å². The van der Waals surface area contributed by atoms with Crippen LogP contribution in [-0.4, -0.2) is 42.0 Å². The standard InChI is InChI=1S/C22H29N5O2/c1-17-5-3-7-19(13-17)16-26-11-9-20(10-12-26)25-22(23-2)24-15-18-6-4-8-21(14-18)27(28)29/h3-8,13-14,20H,9-12,15-16H2,1-2H3,(H2,23,24,25). The fourth-order valence-electron chi connectivity index (χ4n) is 3.66. The van der Waals surface area contributed by atoms with Crippen molar-refractivity contribution in [2.75, 3.05) is 20.1 Å². The molecule has 2 aromatic carbocycles. The van der Waals surface area contributed by atoms with Crippen LogP contribution in [0.2, 0.25) is 0 Å². The summed E-state index contributed by atoms with van der Waals surface area (Å²) in [6.07, 6.45) is 2.12. The molecule has 0 aromatic heterocycles. The Bertz CT molecular complexity index is 860. The molecule has 0 spiro atoms. The first-order chi connectivity index (χ1) is 14.0. The minimum atomic E-state index is -0.374. The lowest BCUT2D eigenvalue weighted by Gasteiger charge is -2.33. The quantitative estimate of drug-likeness (QED) is 0.340. The first-order valence-electron chi connectivity index (χ1n) is 10.0. The highest BCUT2D eigenvalue weighted by molar-refractivity contribution is 5.80. The summed E-state index contributed by atoms with van der Waals surface area (Å²) in [5.41, 5.74) is 3.63. The molecule has 1 fully saturated rings. The molecule has 1 aliphatic rings. The largest absolute Gasteiger partial charge is 0.354 e. The normalized spacial score (nSPS) is 15.9. The number of benzene rings is 2. The Balaban J connectivity index is 1.45. The molecule has 29 heavy (non-hydrogen) atoms. The highest BCUT2D eigenvalue weighted by Gasteiger charge is 2.20. The van der Waals surface area contributed by atoms with Crippen molar-refractivity contribution in [3.8, 4) is 0 Å². The van der Waals surface area contributed by atoms with Gasteiger partial charge in [0.15, 0.2) is 5.96 Å². The van der Waals surface area contributed by atoms with E-state index in [9.17, 15) is 10.1 Å². The van der Waals surface area contributed by atoms with Crippen LogP contribution >= 0.6 is 0 Å². The number of likely N-dealkylation sites (tertiary alicyclic amines) is 1. The Kier molecular flexibility index (Phi) is 7.19. The third-order valence-electron chi connectivity index (χ3n) is 5.22. The van der Waals surface area contributed by atoms with Gasteiger partial charge < -0.3 is 10.6 Å². The Morgan fingerprint density at radius 2 is 1.90 bits per heavy atom. The number of rotatable bonds is 6. The van der Waals surface area contributed by atoms with Gasteiger partial charge in [-0.3, -0.25) is 20.0 Å². The molecule has 1 heterocycles. The van der Waals surface area contributed by atoms with E-state index in [1.807, 2.05) is 6.07 Å². The van der Waals surface area contributed by atoms with Crippen LogP contribution in [0.4, 0.5) is 5.69 Å².